The number of ketones is 1. The fourth-order valence-electron chi connectivity index (χ4n) is 5.58. The summed E-state index contributed by atoms with van der Waals surface area (Å²) in [7, 11) is 9.04. The number of benzene rings is 2. The van der Waals surface area contributed by atoms with Gasteiger partial charge in [-0.2, -0.15) is 0 Å². The fraction of sp³-hybridized carbons (Fsp3) is 0.483. The van der Waals surface area contributed by atoms with Gasteiger partial charge >= 0.3 is 0 Å². The lowest BCUT2D eigenvalue weighted by atomic mass is 10.0. The maximum Gasteiger partial charge on any atom is 0.295 e. The third-order valence-corrected chi connectivity index (χ3v) is 7.50. The number of carbonyl (C=O) groups is 3. The normalized spacial score (nSPS) is 17.9. The third kappa shape index (κ3) is 5.32. The van der Waals surface area contributed by atoms with E-state index in [-0.39, 0.29) is 29.0 Å². The lowest BCUT2D eigenvalue weighted by molar-refractivity contribution is -0.149. The number of nitrogens with zero attached hydrogens (tertiary/aromatic N) is 2. The largest absolute Gasteiger partial charge is 0.493 e. The van der Waals surface area contributed by atoms with Gasteiger partial charge < -0.3 is 38.2 Å². The highest BCUT2D eigenvalue weighted by atomic mass is 16.5. The van der Waals surface area contributed by atoms with Gasteiger partial charge in [-0.3, -0.25) is 14.4 Å². The van der Waals surface area contributed by atoms with Gasteiger partial charge in [0.25, 0.3) is 11.7 Å². The number of amides is 2. The van der Waals surface area contributed by atoms with E-state index in [0.717, 1.165) is 5.56 Å². The molecule has 0 aliphatic carbocycles. The number of ether oxygens (including phenoxy) is 6. The van der Waals surface area contributed by atoms with Crippen LogP contribution in [0.1, 0.15) is 35.2 Å². The molecule has 2 atom stereocenters. The smallest absolute Gasteiger partial charge is 0.295 e. The lowest BCUT2D eigenvalue weighted by Gasteiger charge is -2.40. The average molecular weight is 557 g/mol. The van der Waals surface area contributed by atoms with Crippen LogP contribution in [-0.2, 0) is 16.0 Å². The fourth-order valence-corrected chi connectivity index (χ4v) is 5.58. The number of Topliss-reactive ketones (excluding diaryl/α,β-unsaturated/α-hetero) is 1. The van der Waals surface area contributed by atoms with Crippen LogP contribution in [0.15, 0.2) is 24.3 Å². The van der Waals surface area contributed by atoms with E-state index in [9.17, 15) is 14.4 Å². The van der Waals surface area contributed by atoms with E-state index in [0.29, 0.717) is 61.8 Å². The molecule has 11 heteroatoms. The first-order valence-corrected chi connectivity index (χ1v) is 13.1. The molecule has 2 aliphatic rings. The molecule has 0 aromatic heterocycles. The van der Waals surface area contributed by atoms with Crippen LogP contribution in [0, 0.1) is 0 Å². The number of carbonyl (C=O) groups excluding carboxylic acids is 3. The molecule has 0 unspecified atom stereocenters. The topological polar surface area (TPSA) is 113 Å². The average Bonchev–Trinajstić information content (AvgIpc) is 3.33. The molecule has 216 valence electrons. The quantitative estimate of drug-likeness (QED) is 0.288. The Morgan fingerprint density at radius 2 is 1.30 bits per heavy atom. The van der Waals surface area contributed by atoms with Crippen molar-refractivity contribution < 1.29 is 42.8 Å². The van der Waals surface area contributed by atoms with Gasteiger partial charge in [-0.25, -0.2) is 0 Å². The molecule has 2 aliphatic heterocycles. The van der Waals surface area contributed by atoms with E-state index in [1.54, 1.807) is 26.2 Å². The monoisotopic (exact) mass is 556 g/mol. The molecule has 11 nitrogen and oxygen atoms in total. The van der Waals surface area contributed by atoms with Crippen LogP contribution >= 0.6 is 0 Å². The molecule has 2 bridgehead atoms. The van der Waals surface area contributed by atoms with E-state index in [1.165, 1.54) is 38.4 Å². The summed E-state index contributed by atoms with van der Waals surface area (Å²) in [5, 5.41) is 0. The van der Waals surface area contributed by atoms with Crippen molar-refractivity contribution in [2.75, 3.05) is 55.7 Å². The second-order valence-corrected chi connectivity index (χ2v) is 9.62. The predicted molar refractivity (Wildman–Crippen MR) is 145 cm³/mol. The van der Waals surface area contributed by atoms with Gasteiger partial charge in [0, 0.05) is 18.7 Å². The Morgan fingerprint density at radius 1 is 0.775 bits per heavy atom. The number of fused-ring (bicyclic) bond motifs is 2. The van der Waals surface area contributed by atoms with Crippen molar-refractivity contribution in [1.82, 2.24) is 9.80 Å². The van der Waals surface area contributed by atoms with Gasteiger partial charge in [0.1, 0.15) is 6.04 Å². The Hall–Kier alpha value is -4.15. The zero-order chi connectivity index (χ0) is 29.0. The molecule has 2 saturated heterocycles. The molecule has 2 heterocycles. The molecule has 40 heavy (non-hydrogen) atoms. The van der Waals surface area contributed by atoms with Crippen molar-refractivity contribution in [3.8, 4) is 34.5 Å². The van der Waals surface area contributed by atoms with Crippen molar-refractivity contribution in [2.24, 2.45) is 0 Å². The molecule has 0 saturated carbocycles. The number of hydrogen-bond donors (Lipinski definition) is 0. The van der Waals surface area contributed by atoms with Crippen LogP contribution in [0.2, 0.25) is 0 Å². The van der Waals surface area contributed by atoms with Gasteiger partial charge in [0.15, 0.2) is 23.0 Å². The minimum Gasteiger partial charge on any atom is -0.493 e. The number of piperazine rings is 1. The van der Waals surface area contributed by atoms with Crippen molar-refractivity contribution in [3.63, 3.8) is 0 Å². The molecular formula is C29H36N2O9. The summed E-state index contributed by atoms with van der Waals surface area (Å²) < 4.78 is 32.2. The van der Waals surface area contributed by atoms with Crippen LogP contribution in [-0.4, -0.2) is 95.2 Å². The Morgan fingerprint density at radius 3 is 1.80 bits per heavy atom. The summed E-state index contributed by atoms with van der Waals surface area (Å²) in [4.78, 5) is 43.3. The van der Waals surface area contributed by atoms with E-state index in [2.05, 4.69) is 0 Å². The molecule has 0 N–H and O–H groups in total. The van der Waals surface area contributed by atoms with Gasteiger partial charge in [-0.1, -0.05) is 0 Å². The van der Waals surface area contributed by atoms with Gasteiger partial charge in [0.05, 0.1) is 48.7 Å². The third-order valence-electron chi connectivity index (χ3n) is 7.50. The predicted octanol–water partition coefficient (Wildman–Crippen LogP) is 2.76. The maximum absolute atomic E-state index is 13.4. The summed E-state index contributed by atoms with van der Waals surface area (Å²) in [6.07, 6.45) is 2.59. The Labute approximate surface area is 233 Å². The summed E-state index contributed by atoms with van der Waals surface area (Å²) in [5.41, 5.74) is 1.11. The van der Waals surface area contributed by atoms with Crippen molar-refractivity contribution >= 4 is 17.6 Å². The second-order valence-electron chi connectivity index (χ2n) is 9.62. The highest BCUT2D eigenvalue weighted by Crippen LogP contribution is 2.40. The van der Waals surface area contributed by atoms with Crippen molar-refractivity contribution in [3.05, 3.63) is 35.4 Å². The maximum atomic E-state index is 13.4. The van der Waals surface area contributed by atoms with Crippen LogP contribution in [0.25, 0.3) is 0 Å². The van der Waals surface area contributed by atoms with Gasteiger partial charge in [0.2, 0.25) is 17.4 Å². The molecular weight excluding hydrogens is 520 g/mol. The number of rotatable bonds is 12. The molecule has 0 radical (unpaired) electrons. The first kappa shape index (κ1) is 28.8. The molecule has 2 fully saturated rings. The summed E-state index contributed by atoms with van der Waals surface area (Å²) in [6, 6.07) is 5.83. The van der Waals surface area contributed by atoms with Crippen molar-refractivity contribution in [2.45, 2.75) is 37.8 Å². The Bertz CT molecular complexity index is 1230. The molecule has 4 rings (SSSR count). The van der Waals surface area contributed by atoms with E-state index >= 15 is 0 Å². The molecule has 2 aromatic rings. The second kappa shape index (κ2) is 12.4. The lowest BCUT2D eigenvalue weighted by Crippen LogP contribution is -2.60. The number of aryl methyl sites for hydroxylation is 1. The zero-order valence-corrected chi connectivity index (χ0v) is 23.8. The highest BCUT2D eigenvalue weighted by Gasteiger charge is 2.49. The standard InChI is InChI=1S/C29H36N2O9/c1-35-21-12-17(13-22(36-2)26(21)39-5)8-7-11-30-16-19-9-10-20(28(30)33)31(19)29(34)25(32)18-14-23(37-3)27(40-6)24(15-18)38-4/h12-15,19-20H,7-11,16H2,1-6H3/t19-,20+/m1/s1. The van der Waals surface area contributed by atoms with Gasteiger partial charge in [-0.05, 0) is 55.5 Å². The molecule has 0 spiro atoms. The molecule has 2 amide bonds. The summed E-state index contributed by atoms with van der Waals surface area (Å²) in [5.74, 6) is 0.996. The molecule has 2 aromatic carbocycles. The SMILES string of the molecule is COc1cc(CCCN2C[C@H]3CC[C@@H](C2=O)N3C(=O)C(=O)c2cc(OC)c(OC)c(OC)c2)cc(OC)c1OC. The number of methoxy groups -OCH3 is 6. The van der Waals surface area contributed by atoms with E-state index in [1.807, 2.05) is 12.1 Å². The Kier molecular flexibility index (Phi) is 8.91. The zero-order valence-electron chi connectivity index (χ0n) is 23.8. The van der Waals surface area contributed by atoms with Crippen LogP contribution in [0.3, 0.4) is 0 Å². The number of likely N-dealkylation sites (tertiary alicyclic amines) is 1. The van der Waals surface area contributed by atoms with Crippen LogP contribution in [0.5, 0.6) is 34.5 Å². The minimum absolute atomic E-state index is 0.110. The Balaban J connectivity index is 1.43. The van der Waals surface area contributed by atoms with E-state index in [4.69, 9.17) is 28.4 Å². The van der Waals surface area contributed by atoms with E-state index < -0.39 is 17.7 Å². The van der Waals surface area contributed by atoms with Crippen molar-refractivity contribution in [1.29, 1.82) is 0 Å². The first-order chi connectivity index (χ1) is 19.3. The van der Waals surface area contributed by atoms with Crippen LogP contribution in [0.4, 0.5) is 0 Å². The first-order valence-electron chi connectivity index (χ1n) is 13.1. The van der Waals surface area contributed by atoms with Crippen LogP contribution < -0.4 is 28.4 Å². The summed E-state index contributed by atoms with van der Waals surface area (Å²) in [6.45, 7) is 0.921. The number of hydrogen-bond acceptors (Lipinski definition) is 9. The minimum atomic E-state index is -0.722. The highest BCUT2D eigenvalue weighted by molar-refractivity contribution is 6.43. The van der Waals surface area contributed by atoms with Gasteiger partial charge in [-0.15, -0.1) is 0 Å². The summed E-state index contributed by atoms with van der Waals surface area (Å²) >= 11 is 0.